The minimum absolute atomic E-state index is 0.171. The standard InChI is InChI=1S/C14H20N2O5/c1-14(2,3)12(18)20-8-9-4-5-11(21-9)16-7-6-10(17)15-13(16)19/h6-7,9,11H,4-5,8H2,1-3H3,(H,15,17,19)/t9-,11+/m0/s1. The van der Waals surface area contributed by atoms with Gasteiger partial charge in [0.2, 0.25) is 0 Å². The fraction of sp³-hybridized carbons (Fsp3) is 0.643. The second-order valence-corrected chi connectivity index (χ2v) is 6.16. The normalized spacial score (nSPS) is 22.2. The lowest BCUT2D eigenvalue weighted by atomic mass is 9.97. The third-order valence-electron chi connectivity index (χ3n) is 3.26. The zero-order chi connectivity index (χ0) is 15.6. The first-order chi connectivity index (χ1) is 9.77. The molecule has 0 aliphatic carbocycles. The lowest BCUT2D eigenvalue weighted by molar-refractivity contribution is -0.157. The zero-order valence-electron chi connectivity index (χ0n) is 12.4. The van der Waals surface area contributed by atoms with Gasteiger partial charge < -0.3 is 9.47 Å². The number of rotatable bonds is 3. The molecule has 0 bridgehead atoms. The smallest absolute Gasteiger partial charge is 0.330 e. The fourth-order valence-corrected chi connectivity index (χ4v) is 2.05. The first-order valence-electron chi connectivity index (χ1n) is 6.91. The van der Waals surface area contributed by atoms with Crippen LogP contribution < -0.4 is 11.2 Å². The molecular weight excluding hydrogens is 276 g/mol. The first-order valence-corrected chi connectivity index (χ1v) is 6.91. The van der Waals surface area contributed by atoms with Gasteiger partial charge in [-0.1, -0.05) is 0 Å². The molecule has 1 aromatic heterocycles. The quantitative estimate of drug-likeness (QED) is 0.833. The van der Waals surface area contributed by atoms with Crippen LogP contribution in [0.4, 0.5) is 0 Å². The van der Waals surface area contributed by atoms with Crippen LogP contribution in [0.3, 0.4) is 0 Å². The Bertz CT molecular complexity index is 625. The van der Waals surface area contributed by atoms with E-state index in [-0.39, 0.29) is 18.7 Å². The molecule has 1 aromatic rings. The Balaban J connectivity index is 1.93. The van der Waals surface area contributed by atoms with Crippen molar-refractivity contribution in [1.29, 1.82) is 0 Å². The van der Waals surface area contributed by atoms with Crippen LogP contribution in [-0.4, -0.2) is 28.2 Å². The molecule has 2 atom stereocenters. The number of hydrogen-bond donors (Lipinski definition) is 1. The number of carbonyl (C=O) groups is 1. The van der Waals surface area contributed by atoms with Crippen molar-refractivity contribution in [1.82, 2.24) is 9.55 Å². The molecule has 1 saturated heterocycles. The van der Waals surface area contributed by atoms with E-state index in [1.165, 1.54) is 16.8 Å². The van der Waals surface area contributed by atoms with Crippen molar-refractivity contribution in [3.63, 3.8) is 0 Å². The molecule has 1 fully saturated rings. The van der Waals surface area contributed by atoms with Crippen LogP contribution in [0.15, 0.2) is 21.9 Å². The van der Waals surface area contributed by atoms with Crippen molar-refractivity contribution in [3.05, 3.63) is 33.1 Å². The summed E-state index contributed by atoms with van der Waals surface area (Å²) in [5.74, 6) is -0.282. The Morgan fingerprint density at radius 1 is 1.43 bits per heavy atom. The van der Waals surface area contributed by atoms with E-state index in [2.05, 4.69) is 4.98 Å². The molecule has 7 nitrogen and oxygen atoms in total. The van der Waals surface area contributed by atoms with Gasteiger partial charge in [-0.15, -0.1) is 0 Å². The molecule has 116 valence electrons. The van der Waals surface area contributed by atoms with Crippen LogP contribution in [0.2, 0.25) is 0 Å². The predicted octanol–water partition coefficient (Wildman–Crippen LogP) is 0.803. The van der Waals surface area contributed by atoms with E-state index >= 15 is 0 Å². The van der Waals surface area contributed by atoms with Crippen molar-refractivity contribution < 1.29 is 14.3 Å². The summed E-state index contributed by atoms with van der Waals surface area (Å²) in [4.78, 5) is 36.6. The predicted molar refractivity (Wildman–Crippen MR) is 74.9 cm³/mol. The molecule has 7 heteroatoms. The number of nitrogens with one attached hydrogen (secondary N) is 1. The number of hydrogen-bond acceptors (Lipinski definition) is 5. The van der Waals surface area contributed by atoms with E-state index in [9.17, 15) is 14.4 Å². The largest absolute Gasteiger partial charge is 0.463 e. The van der Waals surface area contributed by atoms with Crippen LogP contribution in [0.5, 0.6) is 0 Å². The van der Waals surface area contributed by atoms with Crippen molar-refractivity contribution >= 4 is 5.97 Å². The highest BCUT2D eigenvalue weighted by atomic mass is 16.6. The lowest BCUT2D eigenvalue weighted by Gasteiger charge is -2.19. The van der Waals surface area contributed by atoms with Crippen LogP contribution >= 0.6 is 0 Å². The summed E-state index contributed by atoms with van der Waals surface area (Å²) in [5, 5.41) is 0. The third kappa shape index (κ3) is 3.81. The van der Waals surface area contributed by atoms with E-state index in [0.717, 1.165) is 0 Å². The summed E-state index contributed by atoms with van der Waals surface area (Å²) in [6.45, 7) is 5.53. The molecule has 0 radical (unpaired) electrons. The van der Waals surface area contributed by atoms with Crippen LogP contribution in [0.25, 0.3) is 0 Å². The van der Waals surface area contributed by atoms with Crippen LogP contribution in [0.1, 0.15) is 39.8 Å². The zero-order valence-corrected chi connectivity index (χ0v) is 12.4. The van der Waals surface area contributed by atoms with Gasteiger partial charge in [0.1, 0.15) is 12.8 Å². The molecule has 2 rings (SSSR count). The van der Waals surface area contributed by atoms with Gasteiger partial charge in [-0.3, -0.25) is 19.1 Å². The average molecular weight is 296 g/mol. The number of esters is 1. The summed E-state index contributed by atoms with van der Waals surface area (Å²) < 4.78 is 12.3. The van der Waals surface area contributed by atoms with Gasteiger partial charge in [0.05, 0.1) is 11.5 Å². The molecule has 2 heterocycles. The molecule has 0 unspecified atom stereocenters. The second-order valence-electron chi connectivity index (χ2n) is 6.16. The van der Waals surface area contributed by atoms with E-state index in [1.807, 2.05) is 0 Å². The maximum atomic E-state index is 11.7. The Kier molecular flexibility index (Phi) is 4.32. The van der Waals surface area contributed by atoms with Gasteiger partial charge in [-0.05, 0) is 33.6 Å². The van der Waals surface area contributed by atoms with Crippen LogP contribution in [-0.2, 0) is 14.3 Å². The molecule has 0 amide bonds. The van der Waals surface area contributed by atoms with E-state index in [0.29, 0.717) is 12.8 Å². The third-order valence-corrected chi connectivity index (χ3v) is 3.26. The number of nitrogens with zero attached hydrogens (tertiary/aromatic N) is 1. The topological polar surface area (TPSA) is 90.4 Å². The summed E-state index contributed by atoms with van der Waals surface area (Å²) >= 11 is 0. The monoisotopic (exact) mass is 296 g/mol. The van der Waals surface area contributed by atoms with Crippen LogP contribution in [0, 0.1) is 5.41 Å². The lowest BCUT2D eigenvalue weighted by Crippen LogP contribution is -2.32. The van der Waals surface area contributed by atoms with Gasteiger partial charge in [0.15, 0.2) is 0 Å². The van der Waals surface area contributed by atoms with Gasteiger partial charge in [0, 0.05) is 12.3 Å². The number of aromatic amines is 1. The minimum atomic E-state index is -0.548. The molecule has 0 spiro atoms. The molecule has 1 N–H and O–H groups in total. The highest BCUT2D eigenvalue weighted by Crippen LogP contribution is 2.27. The average Bonchev–Trinajstić information content (AvgIpc) is 2.83. The fourth-order valence-electron chi connectivity index (χ4n) is 2.05. The molecule has 1 aliphatic rings. The molecule has 0 saturated carbocycles. The van der Waals surface area contributed by atoms with E-state index < -0.39 is 22.9 Å². The van der Waals surface area contributed by atoms with Crippen molar-refractivity contribution in [3.8, 4) is 0 Å². The SMILES string of the molecule is CC(C)(C)C(=O)OC[C@@H]1CC[C@H](n2ccc(=O)[nH]c2=O)O1. The molecule has 21 heavy (non-hydrogen) atoms. The molecule has 1 aliphatic heterocycles. The van der Waals surface area contributed by atoms with Gasteiger partial charge in [-0.2, -0.15) is 0 Å². The van der Waals surface area contributed by atoms with Gasteiger partial charge >= 0.3 is 11.7 Å². The first kappa shape index (κ1) is 15.5. The van der Waals surface area contributed by atoms with Gasteiger partial charge in [0.25, 0.3) is 5.56 Å². The number of aromatic nitrogens is 2. The van der Waals surface area contributed by atoms with Crippen molar-refractivity contribution in [2.75, 3.05) is 6.61 Å². The van der Waals surface area contributed by atoms with Gasteiger partial charge in [-0.25, -0.2) is 4.79 Å². The Labute approximate surface area is 121 Å². The van der Waals surface area contributed by atoms with E-state index in [4.69, 9.17) is 9.47 Å². The summed E-state index contributed by atoms with van der Waals surface area (Å²) in [7, 11) is 0. The Morgan fingerprint density at radius 3 is 2.76 bits per heavy atom. The summed E-state index contributed by atoms with van der Waals surface area (Å²) in [5.41, 5.74) is -1.49. The highest BCUT2D eigenvalue weighted by molar-refractivity contribution is 5.75. The van der Waals surface area contributed by atoms with E-state index in [1.54, 1.807) is 20.8 Å². The number of H-pyrrole nitrogens is 1. The van der Waals surface area contributed by atoms with Crippen molar-refractivity contribution in [2.24, 2.45) is 5.41 Å². The summed E-state index contributed by atoms with van der Waals surface area (Å²) in [6.07, 6.45) is 2.06. The highest BCUT2D eigenvalue weighted by Gasteiger charge is 2.30. The molecule has 0 aromatic carbocycles. The summed E-state index contributed by atoms with van der Waals surface area (Å²) in [6, 6.07) is 1.28. The van der Waals surface area contributed by atoms with Crippen molar-refractivity contribution in [2.45, 2.75) is 45.9 Å². The maximum absolute atomic E-state index is 11.7. The Morgan fingerprint density at radius 2 is 2.14 bits per heavy atom. The number of ether oxygens (including phenoxy) is 2. The molecular formula is C14H20N2O5. The number of carbonyl (C=O) groups excluding carboxylic acids is 1. The minimum Gasteiger partial charge on any atom is -0.463 e. The Hall–Kier alpha value is -1.89. The second kappa shape index (κ2) is 5.85. The maximum Gasteiger partial charge on any atom is 0.330 e.